The maximum Gasteiger partial charge on any atom is 0.255 e. The maximum atomic E-state index is 12.4. The van der Waals surface area contributed by atoms with Crippen molar-refractivity contribution in [2.75, 3.05) is 20.3 Å². The lowest BCUT2D eigenvalue weighted by Crippen LogP contribution is -2.25. The Morgan fingerprint density at radius 2 is 1.93 bits per heavy atom. The van der Waals surface area contributed by atoms with Crippen molar-refractivity contribution in [3.05, 3.63) is 60.3 Å². The Balaban J connectivity index is 1.53. The first-order chi connectivity index (χ1) is 13.6. The molecular formula is C21H23N3O4. The van der Waals surface area contributed by atoms with E-state index in [1.165, 1.54) is 18.0 Å². The van der Waals surface area contributed by atoms with Gasteiger partial charge in [0, 0.05) is 30.4 Å². The Morgan fingerprint density at radius 3 is 2.71 bits per heavy atom. The molecule has 0 aliphatic heterocycles. The average Bonchev–Trinajstić information content (AvgIpc) is 3.12. The standard InChI is InChI=1S/C21H23N3O4/c1-27-19-13-16(7-8-18(19)28-14-20(22)25)21(26)23-10-4-11-24-12-9-15-5-2-3-6-17(15)24/h2-3,5-9,12-13H,4,10-11,14H2,1H3,(H2,22,25)(H,23,26). The van der Waals surface area contributed by atoms with Gasteiger partial charge in [0.15, 0.2) is 18.1 Å². The molecule has 0 aliphatic carbocycles. The van der Waals surface area contributed by atoms with Crippen LogP contribution in [0, 0.1) is 0 Å². The van der Waals surface area contributed by atoms with Gasteiger partial charge in [-0.2, -0.15) is 0 Å². The Kier molecular flexibility index (Phi) is 6.16. The Morgan fingerprint density at radius 1 is 1.11 bits per heavy atom. The molecule has 146 valence electrons. The number of nitrogens with zero attached hydrogens (tertiary/aromatic N) is 1. The molecule has 3 N–H and O–H groups in total. The van der Waals surface area contributed by atoms with E-state index in [1.54, 1.807) is 18.2 Å². The number of carbonyl (C=O) groups excluding carboxylic acids is 2. The van der Waals surface area contributed by atoms with Crippen molar-refractivity contribution in [2.24, 2.45) is 5.73 Å². The molecule has 3 aromatic rings. The summed E-state index contributed by atoms with van der Waals surface area (Å²) in [6, 6.07) is 15.1. The summed E-state index contributed by atoms with van der Waals surface area (Å²) in [5.41, 5.74) is 6.71. The second-order valence-electron chi connectivity index (χ2n) is 6.30. The molecule has 0 radical (unpaired) electrons. The molecular weight excluding hydrogens is 358 g/mol. The zero-order valence-corrected chi connectivity index (χ0v) is 15.7. The number of para-hydroxylation sites is 1. The third kappa shape index (κ3) is 4.62. The fraction of sp³-hybridized carbons (Fsp3) is 0.238. The normalized spacial score (nSPS) is 10.6. The van der Waals surface area contributed by atoms with Crippen LogP contribution in [0.2, 0.25) is 0 Å². The third-order valence-electron chi connectivity index (χ3n) is 4.34. The largest absolute Gasteiger partial charge is 0.493 e. The van der Waals surface area contributed by atoms with Crippen LogP contribution in [0.1, 0.15) is 16.8 Å². The molecule has 3 rings (SSSR count). The molecule has 0 aliphatic rings. The molecule has 0 saturated carbocycles. The summed E-state index contributed by atoms with van der Waals surface area (Å²) in [4.78, 5) is 23.2. The number of aryl methyl sites for hydroxylation is 1. The SMILES string of the molecule is COc1cc(C(=O)NCCCn2ccc3ccccc32)ccc1OCC(N)=O. The van der Waals surface area contributed by atoms with E-state index in [0.717, 1.165) is 13.0 Å². The Bertz CT molecular complexity index is 981. The van der Waals surface area contributed by atoms with Gasteiger partial charge in [0.2, 0.25) is 0 Å². The molecule has 0 unspecified atom stereocenters. The van der Waals surface area contributed by atoms with E-state index < -0.39 is 5.91 Å². The number of aromatic nitrogens is 1. The first kappa shape index (κ1) is 19.3. The lowest BCUT2D eigenvalue weighted by molar-refractivity contribution is -0.119. The van der Waals surface area contributed by atoms with Crippen molar-refractivity contribution >= 4 is 22.7 Å². The number of nitrogens with two attached hydrogens (primary N) is 1. The molecule has 0 atom stereocenters. The number of primary amides is 1. The lowest BCUT2D eigenvalue weighted by Gasteiger charge is -2.11. The maximum absolute atomic E-state index is 12.4. The molecule has 7 nitrogen and oxygen atoms in total. The number of benzene rings is 2. The fourth-order valence-electron chi connectivity index (χ4n) is 2.97. The summed E-state index contributed by atoms with van der Waals surface area (Å²) in [6.07, 6.45) is 2.86. The van der Waals surface area contributed by atoms with Gasteiger partial charge in [-0.15, -0.1) is 0 Å². The molecule has 0 spiro atoms. The minimum atomic E-state index is -0.584. The highest BCUT2D eigenvalue weighted by molar-refractivity contribution is 5.94. The average molecular weight is 381 g/mol. The van der Waals surface area contributed by atoms with Crippen LogP contribution in [-0.4, -0.2) is 36.6 Å². The van der Waals surface area contributed by atoms with Gasteiger partial charge < -0.3 is 25.1 Å². The van der Waals surface area contributed by atoms with Gasteiger partial charge >= 0.3 is 0 Å². The number of hydrogen-bond acceptors (Lipinski definition) is 4. The highest BCUT2D eigenvalue weighted by Crippen LogP contribution is 2.28. The van der Waals surface area contributed by atoms with Gasteiger partial charge in [-0.1, -0.05) is 18.2 Å². The van der Waals surface area contributed by atoms with Gasteiger partial charge in [-0.05, 0) is 42.1 Å². The Hall–Kier alpha value is -3.48. The summed E-state index contributed by atoms with van der Waals surface area (Å²) in [7, 11) is 1.47. The second kappa shape index (κ2) is 8.94. The van der Waals surface area contributed by atoms with Crippen LogP contribution in [0.4, 0.5) is 0 Å². The number of carbonyl (C=O) groups is 2. The summed E-state index contributed by atoms with van der Waals surface area (Å²) in [5.74, 6) is -0.0542. The first-order valence-corrected chi connectivity index (χ1v) is 8.99. The summed E-state index contributed by atoms with van der Waals surface area (Å²) < 4.78 is 12.7. The summed E-state index contributed by atoms with van der Waals surface area (Å²) in [6.45, 7) is 1.11. The smallest absolute Gasteiger partial charge is 0.255 e. The van der Waals surface area contributed by atoms with Crippen molar-refractivity contribution in [1.29, 1.82) is 0 Å². The van der Waals surface area contributed by atoms with Crippen molar-refractivity contribution in [2.45, 2.75) is 13.0 Å². The van der Waals surface area contributed by atoms with Crippen molar-refractivity contribution in [3.8, 4) is 11.5 Å². The number of hydrogen-bond donors (Lipinski definition) is 2. The van der Waals surface area contributed by atoms with E-state index in [2.05, 4.69) is 34.3 Å². The first-order valence-electron chi connectivity index (χ1n) is 8.99. The molecule has 0 bridgehead atoms. The lowest BCUT2D eigenvalue weighted by atomic mass is 10.2. The number of ether oxygens (including phenoxy) is 2. The van der Waals surface area contributed by atoms with E-state index in [0.29, 0.717) is 23.6 Å². The molecule has 1 heterocycles. The Labute approximate surface area is 163 Å². The van der Waals surface area contributed by atoms with Crippen LogP contribution in [0.3, 0.4) is 0 Å². The predicted molar refractivity (Wildman–Crippen MR) is 107 cm³/mol. The second-order valence-corrected chi connectivity index (χ2v) is 6.30. The zero-order valence-electron chi connectivity index (χ0n) is 15.7. The van der Waals surface area contributed by atoms with Crippen LogP contribution in [0.25, 0.3) is 10.9 Å². The number of amides is 2. The molecule has 28 heavy (non-hydrogen) atoms. The van der Waals surface area contributed by atoms with Crippen LogP contribution in [-0.2, 0) is 11.3 Å². The van der Waals surface area contributed by atoms with Gasteiger partial charge in [-0.3, -0.25) is 9.59 Å². The van der Waals surface area contributed by atoms with Crippen LogP contribution in [0.15, 0.2) is 54.7 Å². The van der Waals surface area contributed by atoms with Crippen molar-refractivity contribution in [3.63, 3.8) is 0 Å². The molecule has 1 aromatic heterocycles. The summed E-state index contributed by atoms with van der Waals surface area (Å²) in [5, 5.41) is 4.11. The third-order valence-corrected chi connectivity index (χ3v) is 4.34. The summed E-state index contributed by atoms with van der Waals surface area (Å²) >= 11 is 0. The molecule has 0 fully saturated rings. The van der Waals surface area contributed by atoms with Gasteiger partial charge in [-0.25, -0.2) is 0 Å². The molecule has 0 saturated heterocycles. The minimum Gasteiger partial charge on any atom is -0.493 e. The molecule has 2 aromatic carbocycles. The van der Waals surface area contributed by atoms with Gasteiger partial charge in [0.25, 0.3) is 11.8 Å². The quantitative estimate of drug-likeness (QED) is 0.556. The minimum absolute atomic E-state index is 0.197. The zero-order chi connectivity index (χ0) is 19.9. The highest BCUT2D eigenvalue weighted by Gasteiger charge is 2.11. The van der Waals surface area contributed by atoms with E-state index in [4.69, 9.17) is 15.2 Å². The van der Waals surface area contributed by atoms with E-state index in [-0.39, 0.29) is 12.5 Å². The predicted octanol–water partition coefficient (Wildman–Crippen LogP) is 2.33. The van der Waals surface area contributed by atoms with Crippen LogP contribution in [0.5, 0.6) is 11.5 Å². The van der Waals surface area contributed by atoms with E-state index in [1.807, 2.05) is 12.1 Å². The highest BCUT2D eigenvalue weighted by atomic mass is 16.5. The fourth-order valence-corrected chi connectivity index (χ4v) is 2.97. The number of methoxy groups -OCH3 is 1. The molecule has 7 heteroatoms. The topological polar surface area (TPSA) is 95.6 Å². The van der Waals surface area contributed by atoms with Crippen molar-refractivity contribution < 1.29 is 19.1 Å². The van der Waals surface area contributed by atoms with Crippen LogP contribution >= 0.6 is 0 Å². The van der Waals surface area contributed by atoms with E-state index >= 15 is 0 Å². The van der Waals surface area contributed by atoms with Crippen molar-refractivity contribution in [1.82, 2.24) is 9.88 Å². The van der Waals surface area contributed by atoms with E-state index in [9.17, 15) is 9.59 Å². The number of rotatable bonds is 9. The molecule has 2 amide bonds. The monoisotopic (exact) mass is 381 g/mol. The van der Waals surface area contributed by atoms with Crippen LogP contribution < -0.4 is 20.5 Å². The van der Waals surface area contributed by atoms with Gasteiger partial charge in [0.1, 0.15) is 0 Å². The number of fused-ring (bicyclic) bond motifs is 1. The number of nitrogens with one attached hydrogen (secondary N) is 1. The van der Waals surface area contributed by atoms with Gasteiger partial charge in [0.05, 0.1) is 7.11 Å².